The van der Waals surface area contributed by atoms with Crippen LogP contribution in [0.4, 0.5) is 0 Å². The van der Waals surface area contributed by atoms with Gasteiger partial charge in [-0.15, -0.1) is 22.7 Å². The summed E-state index contributed by atoms with van der Waals surface area (Å²) in [6.07, 6.45) is 0.843. The minimum absolute atomic E-state index is 0.363. The van der Waals surface area contributed by atoms with Gasteiger partial charge in [0, 0.05) is 40.4 Å². The molecule has 0 fully saturated rings. The van der Waals surface area contributed by atoms with Crippen molar-refractivity contribution in [1.29, 1.82) is 10.8 Å². The van der Waals surface area contributed by atoms with Gasteiger partial charge in [0.25, 0.3) is 0 Å². The van der Waals surface area contributed by atoms with E-state index in [-0.39, 0.29) is 0 Å². The Morgan fingerprint density at radius 3 is 1.76 bits per heavy atom. The summed E-state index contributed by atoms with van der Waals surface area (Å²) in [5.74, 6) is -0.870. The number of carbonyl (C=O) groups excluding carboxylic acids is 1. The molecule has 21 heavy (non-hydrogen) atoms. The summed E-state index contributed by atoms with van der Waals surface area (Å²) in [4.78, 5) is 35.3. The number of nitrogens with zero attached hydrogens (tertiary/aromatic N) is 2. The third-order valence-electron chi connectivity index (χ3n) is 1.48. The van der Waals surface area contributed by atoms with Crippen molar-refractivity contribution in [2.45, 2.75) is 0 Å². The van der Waals surface area contributed by atoms with Crippen LogP contribution in [-0.4, -0.2) is 17.4 Å². The third kappa shape index (κ3) is 9.97. The zero-order valence-electron chi connectivity index (χ0n) is 9.93. The van der Waals surface area contributed by atoms with E-state index in [0.717, 1.165) is 20.1 Å². The molecule has 0 atom stereocenters. The highest BCUT2D eigenvalue weighted by Gasteiger charge is 2.03. The van der Waals surface area contributed by atoms with Crippen molar-refractivity contribution < 1.29 is 14.7 Å². The average Bonchev–Trinajstić information content (AvgIpc) is 3.12. The van der Waals surface area contributed by atoms with Gasteiger partial charge in [0.05, 0.1) is 4.88 Å². The Bertz CT molecular complexity index is 585. The molecule has 2 aromatic rings. The van der Waals surface area contributed by atoms with E-state index in [1.54, 1.807) is 17.5 Å². The average molecular weight is 458 g/mol. The van der Waals surface area contributed by atoms with Gasteiger partial charge in [-0.25, -0.2) is 4.79 Å². The predicted octanol–water partition coefficient (Wildman–Crippen LogP) is 4.63. The molecule has 2 rings (SSSR count). The maximum Gasteiger partial charge on any atom is 0.345 e. The molecule has 0 unspecified atom stereocenters. The maximum atomic E-state index is 10.2. The fourth-order valence-corrected chi connectivity index (χ4v) is 3.33. The van der Waals surface area contributed by atoms with Crippen LogP contribution < -0.4 is 0 Å². The smallest absolute Gasteiger partial charge is 0.345 e. The number of rotatable bonds is 2. The maximum absolute atomic E-state index is 10.2. The van der Waals surface area contributed by atoms with Crippen LogP contribution in [0.2, 0.25) is 0 Å². The first-order valence-corrected chi connectivity index (χ1v) is 7.90. The topological polar surface area (TPSA) is 136 Å². The Morgan fingerprint density at radius 2 is 1.57 bits per heavy atom. The van der Waals surface area contributed by atoms with Crippen molar-refractivity contribution in [3.8, 4) is 0 Å². The Labute approximate surface area is 143 Å². The lowest BCUT2D eigenvalue weighted by Crippen LogP contribution is -1.89. The van der Waals surface area contributed by atoms with Crippen molar-refractivity contribution in [3.05, 3.63) is 51.5 Å². The minimum Gasteiger partial charge on any atom is -0.477 e. The number of carbonyl (C=O) groups is 2. The van der Waals surface area contributed by atoms with Crippen molar-refractivity contribution in [2.24, 2.45) is 0 Å². The minimum atomic E-state index is -0.870. The molecule has 1 N–H and O–H groups in total. The normalized spacial score (nSPS) is 7.81. The molecular weight excluding hydrogens is 452 g/mol. The number of carboxylic acid groups (broad SMARTS) is 1. The van der Waals surface area contributed by atoms with Crippen LogP contribution in [0.3, 0.4) is 0 Å². The van der Waals surface area contributed by atoms with Gasteiger partial charge in [0.2, 0.25) is 0 Å². The number of halogens is 2. The number of aromatic carboxylic acids is 1. The zero-order valence-corrected chi connectivity index (χ0v) is 14.7. The Kier molecular flexibility index (Phi) is 14.0. The summed E-state index contributed by atoms with van der Waals surface area (Å²) in [6.45, 7) is 0. The summed E-state index contributed by atoms with van der Waals surface area (Å²) >= 11 is 9.02. The molecule has 0 aliphatic rings. The number of hydrogen-bond acceptors (Lipinski definition) is 8. The molecule has 2 heterocycles. The summed E-state index contributed by atoms with van der Waals surface area (Å²) in [5, 5.41) is 24.0. The van der Waals surface area contributed by atoms with E-state index in [4.69, 9.17) is 25.8 Å². The molecule has 7 nitrogen and oxygen atoms in total. The largest absolute Gasteiger partial charge is 0.477 e. The number of thiophene rings is 2. The van der Waals surface area contributed by atoms with Gasteiger partial charge in [-0.1, -0.05) is 0 Å². The van der Waals surface area contributed by atoms with Gasteiger partial charge < -0.3 is 5.11 Å². The first-order chi connectivity index (χ1) is 10.0. The molecule has 0 aliphatic heterocycles. The van der Waals surface area contributed by atoms with Crippen LogP contribution in [0.25, 0.3) is 0 Å². The van der Waals surface area contributed by atoms with Gasteiger partial charge in [-0.2, -0.15) is 0 Å². The molecule has 0 spiro atoms. The van der Waals surface area contributed by atoms with E-state index in [1.165, 1.54) is 22.7 Å². The molecule has 2 aromatic heterocycles. The molecule has 0 aromatic carbocycles. The van der Waals surface area contributed by atoms with Crippen LogP contribution in [0, 0.1) is 20.7 Å². The van der Waals surface area contributed by atoms with Crippen LogP contribution in [0.15, 0.2) is 31.8 Å². The van der Waals surface area contributed by atoms with Gasteiger partial charge >= 0.3 is 5.97 Å². The number of aldehydes is 1. The highest BCUT2D eigenvalue weighted by molar-refractivity contribution is 9.10. The lowest BCUT2D eigenvalue weighted by Gasteiger charge is -1.79. The second-order valence-corrected chi connectivity index (χ2v) is 6.40. The Balaban J connectivity index is 0. The third-order valence-corrected chi connectivity index (χ3v) is 4.78. The zero-order chi connectivity index (χ0) is 16.8. The van der Waals surface area contributed by atoms with E-state index < -0.39 is 5.97 Å². The fourth-order valence-electron chi connectivity index (χ4n) is 0.815. The van der Waals surface area contributed by atoms with Crippen LogP contribution in [-0.2, 0) is 0 Å². The molecular formula is C10H6Br2N2O5S2. The molecule has 0 radical (unpaired) electrons. The predicted molar refractivity (Wildman–Crippen MR) is 86.6 cm³/mol. The quantitative estimate of drug-likeness (QED) is 0.512. The van der Waals surface area contributed by atoms with E-state index in [0.29, 0.717) is 4.88 Å². The SMILES string of the molecule is N#N.O=C(O)c1cc(Br)cs1.O=Cc1cc(Br)cs1.O=O. The lowest BCUT2D eigenvalue weighted by molar-refractivity contribution is 0.0702. The first kappa shape index (κ1) is 21.8. The van der Waals surface area contributed by atoms with Crippen LogP contribution in [0.1, 0.15) is 19.3 Å². The summed E-state index contributed by atoms with van der Waals surface area (Å²) in [5.41, 5.74) is 0. The Morgan fingerprint density at radius 1 is 1.10 bits per heavy atom. The molecule has 11 heteroatoms. The molecule has 0 saturated heterocycles. The summed E-state index contributed by atoms with van der Waals surface area (Å²) in [6, 6.07) is 3.37. The lowest BCUT2D eigenvalue weighted by atomic mass is 10.5. The van der Waals surface area contributed by atoms with Crippen molar-refractivity contribution in [2.75, 3.05) is 0 Å². The highest BCUT2D eigenvalue weighted by Crippen LogP contribution is 2.19. The molecule has 0 saturated carbocycles. The van der Waals surface area contributed by atoms with Crippen LogP contribution in [0.5, 0.6) is 0 Å². The molecule has 112 valence electrons. The Hall–Kier alpha value is -1.48. The first-order valence-electron chi connectivity index (χ1n) is 4.56. The van der Waals surface area contributed by atoms with Gasteiger partial charge in [0.15, 0.2) is 6.29 Å². The van der Waals surface area contributed by atoms with E-state index in [9.17, 15) is 9.59 Å². The second kappa shape index (κ2) is 13.5. The van der Waals surface area contributed by atoms with Crippen LogP contribution >= 0.6 is 54.5 Å². The fraction of sp³-hybridized carbons (Fsp3) is 0. The molecule has 0 aliphatic carbocycles. The van der Waals surface area contributed by atoms with E-state index in [1.807, 2.05) is 5.38 Å². The monoisotopic (exact) mass is 456 g/mol. The molecule has 0 amide bonds. The van der Waals surface area contributed by atoms with E-state index >= 15 is 0 Å². The number of carboxylic acids is 1. The summed E-state index contributed by atoms with van der Waals surface area (Å²) in [7, 11) is 0. The second-order valence-electron chi connectivity index (χ2n) is 2.72. The summed E-state index contributed by atoms with van der Waals surface area (Å²) < 4.78 is 1.80. The number of hydrogen-bond donors (Lipinski definition) is 1. The van der Waals surface area contributed by atoms with Crippen molar-refractivity contribution in [1.82, 2.24) is 0 Å². The van der Waals surface area contributed by atoms with Gasteiger partial charge in [-0.3, -0.25) is 4.79 Å². The van der Waals surface area contributed by atoms with Gasteiger partial charge in [-0.05, 0) is 44.0 Å². The van der Waals surface area contributed by atoms with E-state index in [2.05, 4.69) is 31.9 Å². The highest BCUT2D eigenvalue weighted by atomic mass is 79.9. The van der Waals surface area contributed by atoms with Gasteiger partial charge in [0.1, 0.15) is 4.88 Å². The molecule has 0 bridgehead atoms. The van der Waals surface area contributed by atoms with Crippen molar-refractivity contribution >= 4 is 66.8 Å². The standard InChI is InChI=1S/C5H3BrO2S.C5H3BrOS.N2.O2/c6-3-1-4(5(7)8)9-2-3;6-4-1-5(2-7)8-3-4;2*1-2/h1-2H,(H,7,8);1-3H;;. The van der Waals surface area contributed by atoms with Crippen molar-refractivity contribution in [3.63, 3.8) is 0 Å².